The summed E-state index contributed by atoms with van der Waals surface area (Å²) >= 11 is 3.58. The van der Waals surface area contributed by atoms with Crippen LogP contribution in [0.25, 0.3) is 0 Å². The average Bonchev–Trinajstić information content (AvgIpc) is 1.00. The predicted octanol–water partition coefficient (Wildman–Crippen LogP) is -0.494. The van der Waals surface area contributed by atoms with Crippen molar-refractivity contribution in [2.75, 3.05) is 0 Å². The summed E-state index contributed by atoms with van der Waals surface area (Å²) in [4.78, 5) is 0. The van der Waals surface area contributed by atoms with Crippen molar-refractivity contribution >= 4 is 55.2 Å². The second kappa shape index (κ2) is 25.6. The van der Waals surface area contributed by atoms with Crippen molar-refractivity contribution in [3.05, 3.63) is 0 Å². The molecule has 0 aliphatic rings. The van der Waals surface area contributed by atoms with Crippen molar-refractivity contribution in [1.82, 2.24) is 0 Å². The molecule has 0 amide bonds. The van der Waals surface area contributed by atoms with E-state index in [9.17, 15) is 0 Å². The number of rotatable bonds is 0. The molecule has 0 saturated heterocycles. The average molecular weight is 122 g/mol. The molecule has 0 spiro atoms. The third-order valence-electron chi connectivity index (χ3n) is 0. The predicted molar refractivity (Wildman–Crippen MR) is 24.9 cm³/mol. The molecule has 0 saturated carbocycles. The monoisotopic (exact) mass is 124 g/mol. The molecule has 0 aromatic heterocycles. The third-order valence-corrected chi connectivity index (χ3v) is 0. The Balaban J connectivity index is -0.00000000500. The zero-order valence-electron chi connectivity index (χ0n) is 2.49. The van der Waals surface area contributed by atoms with Gasteiger partial charge in [-0.1, -0.05) is 0 Å². The second-order valence-electron chi connectivity index (χ2n) is 0. The van der Waals surface area contributed by atoms with Gasteiger partial charge in [0.2, 0.25) is 0 Å². The van der Waals surface area contributed by atoms with E-state index in [1.54, 1.807) is 0 Å². The molecule has 4 heavy (non-hydrogen) atoms. The molecule has 6 radical (unpaired) electrons. The van der Waals surface area contributed by atoms with Crippen LogP contribution >= 0.6 is 12.1 Å². The van der Waals surface area contributed by atoms with Crippen molar-refractivity contribution in [2.24, 2.45) is 0 Å². The molecule has 4 heteroatoms. The third kappa shape index (κ3) is 9.92. The summed E-state index contributed by atoms with van der Waals surface area (Å²) in [5.74, 6) is 0. The van der Waals surface area contributed by atoms with Crippen LogP contribution in [-0.2, 0) is 0 Å². The molecule has 0 aliphatic carbocycles. The van der Waals surface area contributed by atoms with Crippen molar-refractivity contribution in [3.8, 4) is 0 Å². The van der Waals surface area contributed by atoms with Gasteiger partial charge in [0.15, 0.2) is 0 Å². The minimum atomic E-state index is 0. The number of hydrogen-bond acceptors (Lipinski definition) is 1. The van der Waals surface area contributed by atoms with Crippen LogP contribution in [0.2, 0.25) is 0 Å². The van der Waals surface area contributed by atoms with Gasteiger partial charge >= 0.3 is 18.8 Å². The Labute approximate surface area is 55.1 Å². The molecular weight excluding hydrogens is 122 g/mol. The fraction of sp³-hybridized carbons (Fsp3) is 0. The minimum absolute atomic E-state index is 0. The molecular formula is BGeLiS. The summed E-state index contributed by atoms with van der Waals surface area (Å²) in [6.07, 6.45) is 0. The standard InChI is InChI=1S/BS.Ge.Li/c1-2;;. The molecule has 14 valence electrons. The fourth-order valence-electron chi connectivity index (χ4n) is 0. The molecule has 0 atom stereocenters. The van der Waals surface area contributed by atoms with Crippen LogP contribution in [0, 0.1) is 0 Å². The van der Waals surface area contributed by atoms with Gasteiger partial charge in [-0.2, -0.15) is 0 Å². The fourth-order valence-corrected chi connectivity index (χ4v) is 0. The first-order valence-electron chi connectivity index (χ1n) is 0.236. The first kappa shape index (κ1) is 18.1. The first-order chi connectivity index (χ1) is 1.00. The zero-order valence-corrected chi connectivity index (χ0v) is 5.40. The van der Waals surface area contributed by atoms with E-state index in [4.69, 9.17) is 0 Å². The Morgan fingerprint density at radius 3 is 1.25 bits per heavy atom. The SMILES string of the molecule is [B]=S.[Ge].[Li]. The Hall–Kier alpha value is 1.43. The molecule has 0 aromatic carbocycles. The van der Waals surface area contributed by atoms with Gasteiger partial charge in [0.05, 0.1) is 0 Å². The van der Waals surface area contributed by atoms with Crippen LogP contribution < -0.4 is 0 Å². The molecule has 0 rings (SSSR count). The summed E-state index contributed by atoms with van der Waals surface area (Å²) in [6, 6.07) is 0. The van der Waals surface area contributed by atoms with Crippen LogP contribution in [0.4, 0.5) is 0 Å². The molecule has 0 N–H and O–H groups in total. The summed E-state index contributed by atoms with van der Waals surface area (Å²) in [5, 5.41) is 0. The van der Waals surface area contributed by atoms with Gasteiger partial charge in [-0.15, -0.1) is 0 Å². The maximum absolute atomic E-state index is 4.08. The summed E-state index contributed by atoms with van der Waals surface area (Å²) < 4.78 is 0. The van der Waals surface area contributed by atoms with Crippen molar-refractivity contribution in [2.45, 2.75) is 0 Å². The van der Waals surface area contributed by atoms with Gasteiger partial charge in [-0.05, 0) is 0 Å². The summed E-state index contributed by atoms with van der Waals surface area (Å²) in [6.45, 7) is 4.08. The Morgan fingerprint density at radius 2 is 1.25 bits per heavy atom. The molecule has 0 fully saturated rings. The van der Waals surface area contributed by atoms with E-state index in [0.29, 0.717) is 0 Å². The first-order valence-corrected chi connectivity index (χ1v) is 0.707. The van der Waals surface area contributed by atoms with Crippen LogP contribution in [-0.4, -0.2) is 43.2 Å². The Kier molecular flexibility index (Phi) is 115. The van der Waals surface area contributed by atoms with E-state index >= 15 is 0 Å². The van der Waals surface area contributed by atoms with Gasteiger partial charge in [0, 0.05) is 36.5 Å². The van der Waals surface area contributed by atoms with Crippen LogP contribution in [0.15, 0.2) is 0 Å². The van der Waals surface area contributed by atoms with Crippen LogP contribution in [0.3, 0.4) is 0 Å². The largest absolute Gasteiger partial charge is 0 e. The molecule has 0 unspecified atom stereocenters. The van der Waals surface area contributed by atoms with Crippen molar-refractivity contribution in [3.63, 3.8) is 0 Å². The number of hydrogen-bond donors (Lipinski definition) is 0. The molecule has 0 nitrogen and oxygen atoms in total. The van der Waals surface area contributed by atoms with E-state index in [2.05, 4.69) is 18.8 Å². The molecule has 0 aromatic rings. The summed E-state index contributed by atoms with van der Waals surface area (Å²) in [5.41, 5.74) is 0. The Bertz CT molecular complexity index is 8.00. The molecule has 0 heterocycles. The summed E-state index contributed by atoms with van der Waals surface area (Å²) in [7, 11) is 0. The topological polar surface area (TPSA) is 0 Å². The quantitative estimate of drug-likeness (QED) is 0.391. The van der Waals surface area contributed by atoms with Gasteiger partial charge in [0.25, 0.3) is 0 Å². The van der Waals surface area contributed by atoms with Crippen molar-refractivity contribution in [1.29, 1.82) is 0 Å². The van der Waals surface area contributed by atoms with E-state index in [1.807, 2.05) is 0 Å². The maximum atomic E-state index is 4.08. The van der Waals surface area contributed by atoms with Gasteiger partial charge < -0.3 is 0 Å². The van der Waals surface area contributed by atoms with E-state index < -0.39 is 0 Å². The zero-order chi connectivity index (χ0) is 2.00. The normalized spacial score (nSPS) is 0.750. The molecule has 0 bridgehead atoms. The maximum Gasteiger partial charge on any atom is 0 e. The van der Waals surface area contributed by atoms with Gasteiger partial charge in [0.1, 0.15) is 0 Å². The van der Waals surface area contributed by atoms with E-state index in [1.165, 1.54) is 0 Å². The Morgan fingerprint density at radius 1 is 1.25 bits per heavy atom. The van der Waals surface area contributed by atoms with E-state index in [-0.39, 0.29) is 36.5 Å². The van der Waals surface area contributed by atoms with E-state index in [0.717, 1.165) is 0 Å². The van der Waals surface area contributed by atoms with Crippen LogP contribution in [0.1, 0.15) is 0 Å². The second-order valence-corrected chi connectivity index (χ2v) is 0. The van der Waals surface area contributed by atoms with Gasteiger partial charge in [-0.3, -0.25) is 0 Å². The van der Waals surface area contributed by atoms with Crippen molar-refractivity contribution < 1.29 is 0 Å². The van der Waals surface area contributed by atoms with Crippen LogP contribution in [0.5, 0.6) is 0 Å². The van der Waals surface area contributed by atoms with Gasteiger partial charge in [-0.25, -0.2) is 0 Å². The minimum Gasteiger partial charge on any atom is 0 e. The smallest absolute Gasteiger partial charge is 0 e. The molecule has 0 aliphatic heterocycles.